The van der Waals surface area contributed by atoms with Gasteiger partial charge in [0.25, 0.3) is 0 Å². The maximum absolute atomic E-state index is 5.91. The van der Waals surface area contributed by atoms with Gasteiger partial charge in [-0.1, -0.05) is 17.7 Å². The zero-order chi connectivity index (χ0) is 8.39. The summed E-state index contributed by atoms with van der Waals surface area (Å²) >= 11 is 5.91. The molecule has 1 saturated heterocycles. The quantitative estimate of drug-likeness (QED) is 0.650. The van der Waals surface area contributed by atoms with Crippen molar-refractivity contribution in [2.45, 2.75) is 13.0 Å². The van der Waals surface area contributed by atoms with Gasteiger partial charge in [0.15, 0.2) is 0 Å². The van der Waals surface area contributed by atoms with E-state index in [9.17, 15) is 0 Å². The number of halogens is 1. The van der Waals surface area contributed by atoms with Crippen LogP contribution in [0.25, 0.3) is 0 Å². The molecule has 12 heavy (non-hydrogen) atoms. The minimum absolute atomic E-state index is 0.643. The van der Waals surface area contributed by atoms with Crippen molar-refractivity contribution < 1.29 is 0 Å². The van der Waals surface area contributed by atoms with Crippen LogP contribution in [-0.2, 0) is 6.54 Å². The van der Waals surface area contributed by atoms with Crippen molar-refractivity contribution >= 4 is 11.6 Å². The van der Waals surface area contributed by atoms with Crippen molar-refractivity contribution in [3.63, 3.8) is 0 Å². The van der Waals surface area contributed by atoms with Gasteiger partial charge in [0.2, 0.25) is 0 Å². The van der Waals surface area contributed by atoms with Crippen molar-refractivity contribution in [1.82, 2.24) is 9.88 Å². The van der Waals surface area contributed by atoms with E-state index in [2.05, 4.69) is 9.88 Å². The lowest BCUT2D eigenvalue weighted by Crippen LogP contribution is -2.36. The predicted octanol–water partition coefficient (Wildman–Crippen LogP) is 1.94. The monoisotopic (exact) mass is 182 g/mol. The molecule has 0 bridgehead atoms. The third-order valence-electron chi connectivity index (χ3n) is 2.18. The molecule has 2 heterocycles. The Morgan fingerprint density at radius 2 is 2.33 bits per heavy atom. The first-order valence-electron chi connectivity index (χ1n) is 4.18. The van der Waals surface area contributed by atoms with E-state index in [0.717, 1.165) is 12.1 Å². The fourth-order valence-corrected chi connectivity index (χ4v) is 1.50. The molecule has 1 fully saturated rings. The van der Waals surface area contributed by atoms with Crippen LogP contribution < -0.4 is 0 Å². The Kier molecular flexibility index (Phi) is 2.28. The van der Waals surface area contributed by atoms with Crippen LogP contribution in [0.4, 0.5) is 0 Å². The van der Waals surface area contributed by atoms with E-state index >= 15 is 0 Å². The third kappa shape index (κ3) is 1.59. The normalized spacial score (nSPS) is 17.4. The van der Waals surface area contributed by atoms with Crippen LogP contribution in [0, 0.1) is 0 Å². The highest BCUT2D eigenvalue weighted by Gasteiger charge is 2.14. The fourth-order valence-electron chi connectivity index (χ4n) is 1.32. The summed E-state index contributed by atoms with van der Waals surface area (Å²) in [5, 5.41) is 0.643. The summed E-state index contributed by atoms with van der Waals surface area (Å²) in [6.07, 6.45) is 3.04. The molecule has 3 heteroatoms. The fraction of sp³-hybridized carbons (Fsp3) is 0.444. The van der Waals surface area contributed by atoms with E-state index in [1.807, 2.05) is 12.1 Å². The van der Waals surface area contributed by atoms with Crippen LogP contribution in [0.1, 0.15) is 12.0 Å². The summed E-state index contributed by atoms with van der Waals surface area (Å²) in [6, 6.07) is 3.97. The lowest BCUT2D eigenvalue weighted by molar-refractivity contribution is 0.172. The smallest absolute Gasteiger partial charge is 0.133 e. The maximum Gasteiger partial charge on any atom is 0.133 e. The van der Waals surface area contributed by atoms with Crippen molar-refractivity contribution in [2.24, 2.45) is 0 Å². The zero-order valence-corrected chi connectivity index (χ0v) is 7.59. The minimum atomic E-state index is 0.643. The summed E-state index contributed by atoms with van der Waals surface area (Å²) in [7, 11) is 0. The van der Waals surface area contributed by atoms with Crippen LogP contribution in [0.3, 0.4) is 0 Å². The molecular formula is C9H11ClN2. The Morgan fingerprint density at radius 1 is 1.50 bits per heavy atom. The molecule has 1 aliphatic heterocycles. The largest absolute Gasteiger partial charge is 0.299 e. The van der Waals surface area contributed by atoms with Gasteiger partial charge in [0.05, 0.1) is 0 Å². The molecule has 0 aliphatic carbocycles. The molecule has 1 aromatic rings. The van der Waals surface area contributed by atoms with Gasteiger partial charge in [-0.3, -0.25) is 4.90 Å². The molecule has 0 aromatic carbocycles. The van der Waals surface area contributed by atoms with Gasteiger partial charge in [0, 0.05) is 18.3 Å². The molecular weight excluding hydrogens is 172 g/mol. The second-order valence-corrected chi connectivity index (χ2v) is 3.44. The van der Waals surface area contributed by atoms with Gasteiger partial charge in [-0.25, -0.2) is 4.98 Å². The van der Waals surface area contributed by atoms with Gasteiger partial charge in [-0.2, -0.15) is 0 Å². The molecule has 1 aromatic heterocycles. The summed E-state index contributed by atoms with van der Waals surface area (Å²) in [5.41, 5.74) is 1.14. The molecule has 0 radical (unpaired) electrons. The van der Waals surface area contributed by atoms with Crippen LogP contribution in [0.15, 0.2) is 18.3 Å². The second-order valence-electron chi connectivity index (χ2n) is 3.08. The third-order valence-corrected chi connectivity index (χ3v) is 2.52. The maximum atomic E-state index is 5.91. The molecule has 0 atom stereocenters. The van der Waals surface area contributed by atoms with E-state index in [1.165, 1.54) is 19.5 Å². The summed E-state index contributed by atoms with van der Waals surface area (Å²) in [4.78, 5) is 6.39. The highest BCUT2D eigenvalue weighted by Crippen LogP contribution is 2.17. The van der Waals surface area contributed by atoms with Gasteiger partial charge >= 0.3 is 0 Å². The molecule has 64 valence electrons. The van der Waals surface area contributed by atoms with E-state index < -0.39 is 0 Å². The topological polar surface area (TPSA) is 16.1 Å². The first kappa shape index (κ1) is 8.02. The minimum Gasteiger partial charge on any atom is -0.299 e. The summed E-state index contributed by atoms with van der Waals surface area (Å²) < 4.78 is 0. The van der Waals surface area contributed by atoms with Crippen molar-refractivity contribution in [2.75, 3.05) is 13.1 Å². The van der Waals surface area contributed by atoms with Gasteiger partial charge in [-0.15, -0.1) is 0 Å². The first-order chi connectivity index (χ1) is 5.86. The Morgan fingerprint density at radius 3 is 2.92 bits per heavy atom. The second kappa shape index (κ2) is 3.42. The standard InChI is InChI=1S/C9H11ClN2/c10-9-8(3-1-4-11-9)7-12-5-2-6-12/h1,3-4H,2,5-7H2. The number of pyridine rings is 1. The molecule has 0 amide bonds. The lowest BCUT2D eigenvalue weighted by Gasteiger charge is -2.30. The average molecular weight is 183 g/mol. The van der Waals surface area contributed by atoms with Crippen LogP contribution in [0.2, 0.25) is 5.15 Å². The molecule has 0 unspecified atom stereocenters. The molecule has 2 rings (SSSR count). The van der Waals surface area contributed by atoms with Crippen LogP contribution in [-0.4, -0.2) is 23.0 Å². The molecule has 0 saturated carbocycles. The average Bonchev–Trinajstić information content (AvgIpc) is 2.00. The molecule has 0 spiro atoms. The Labute approximate surface area is 77.2 Å². The highest BCUT2D eigenvalue weighted by molar-refractivity contribution is 6.30. The molecule has 1 aliphatic rings. The van der Waals surface area contributed by atoms with E-state index in [4.69, 9.17) is 11.6 Å². The summed E-state index contributed by atoms with van der Waals surface area (Å²) in [6.45, 7) is 3.35. The van der Waals surface area contributed by atoms with Crippen molar-refractivity contribution in [3.8, 4) is 0 Å². The Balaban J connectivity index is 2.06. The number of rotatable bonds is 2. The predicted molar refractivity (Wildman–Crippen MR) is 49.1 cm³/mol. The van der Waals surface area contributed by atoms with Gasteiger partial charge in [0.1, 0.15) is 5.15 Å². The van der Waals surface area contributed by atoms with E-state index in [0.29, 0.717) is 5.15 Å². The number of hydrogen-bond donors (Lipinski definition) is 0. The molecule has 0 N–H and O–H groups in total. The first-order valence-corrected chi connectivity index (χ1v) is 4.56. The summed E-state index contributed by atoms with van der Waals surface area (Å²) in [5.74, 6) is 0. The number of aromatic nitrogens is 1. The van der Waals surface area contributed by atoms with E-state index in [1.54, 1.807) is 6.20 Å². The Hall–Kier alpha value is -0.600. The van der Waals surface area contributed by atoms with Crippen LogP contribution >= 0.6 is 11.6 Å². The number of likely N-dealkylation sites (tertiary alicyclic amines) is 1. The zero-order valence-electron chi connectivity index (χ0n) is 6.83. The lowest BCUT2D eigenvalue weighted by atomic mass is 10.2. The van der Waals surface area contributed by atoms with Crippen LogP contribution in [0.5, 0.6) is 0 Å². The van der Waals surface area contributed by atoms with E-state index in [-0.39, 0.29) is 0 Å². The SMILES string of the molecule is Clc1ncccc1CN1CCC1. The van der Waals surface area contributed by atoms with Gasteiger partial charge in [-0.05, 0) is 25.6 Å². The number of nitrogens with zero attached hydrogens (tertiary/aromatic N) is 2. The van der Waals surface area contributed by atoms with Crippen molar-refractivity contribution in [3.05, 3.63) is 29.0 Å². The Bertz CT molecular complexity index is 271. The van der Waals surface area contributed by atoms with Gasteiger partial charge < -0.3 is 0 Å². The number of hydrogen-bond acceptors (Lipinski definition) is 2. The highest BCUT2D eigenvalue weighted by atomic mass is 35.5. The molecule has 2 nitrogen and oxygen atoms in total. The van der Waals surface area contributed by atoms with Crippen molar-refractivity contribution in [1.29, 1.82) is 0 Å².